The van der Waals surface area contributed by atoms with Crippen molar-refractivity contribution in [1.82, 2.24) is 19.9 Å². The number of carbonyl (C=O) groups excluding carboxylic acids is 2. The van der Waals surface area contributed by atoms with Crippen LogP contribution in [0.4, 0.5) is 10.1 Å². The Morgan fingerprint density at radius 1 is 1.27 bits per heavy atom. The predicted octanol–water partition coefficient (Wildman–Crippen LogP) is 4.32. The zero-order valence-corrected chi connectivity index (χ0v) is 19.1. The summed E-state index contributed by atoms with van der Waals surface area (Å²) in [4.78, 5) is 32.3. The van der Waals surface area contributed by atoms with E-state index >= 15 is 0 Å². The number of aryl methyl sites for hydroxylation is 1. The largest absolute Gasteiger partial charge is 0.348 e. The fourth-order valence-corrected chi connectivity index (χ4v) is 5.42. The second-order valence-corrected chi connectivity index (χ2v) is 9.49. The molecule has 2 aromatic heterocycles. The predicted molar refractivity (Wildman–Crippen MR) is 123 cm³/mol. The number of nitrogens with one attached hydrogen (secondary N) is 1. The van der Waals surface area contributed by atoms with Crippen molar-refractivity contribution in [1.29, 1.82) is 0 Å². The van der Waals surface area contributed by atoms with Crippen LogP contribution < -0.4 is 10.2 Å². The van der Waals surface area contributed by atoms with Crippen molar-refractivity contribution in [3.05, 3.63) is 58.8 Å². The first kappa shape index (κ1) is 21.8. The van der Waals surface area contributed by atoms with Gasteiger partial charge >= 0.3 is 0 Å². The molecule has 7 nitrogen and oxygen atoms in total. The number of hydrogen-bond donors (Lipinski definition) is 1. The summed E-state index contributed by atoms with van der Waals surface area (Å²) < 4.78 is 15.4. The number of piperidine rings is 1. The highest BCUT2D eigenvalue weighted by molar-refractivity contribution is 6.34. The number of carbonyl (C=O) groups is 2. The Morgan fingerprint density at radius 2 is 2.06 bits per heavy atom. The van der Waals surface area contributed by atoms with Gasteiger partial charge in [0.25, 0.3) is 5.91 Å². The number of benzene rings is 1. The minimum atomic E-state index is -0.462. The van der Waals surface area contributed by atoms with Crippen molar-refractivity contribution in [2.75, 3.05) is 11.4 Å². The summed E-state index contributed by atoms with van der Waals surface area (Å²) in [5.41, 5.74) is 1.60. The fraction of sp³-hybridized carbons (Fsp3) is 0.417. The van der Waals surface area contributed by atoms with Gasteiger partial charge < -0.3 is 10.2 Å². The van der Waals surface area contributed by atoms with Crippen LogP contribution in [0.15, 0.2) is 36.7 Å². The first-order chi connectivity index (χ1) is 15.9. The summed E-state index contributed by atoms with van der Waals surface area (Å²) in [6.07, 6.45) is 7.63. The lowest BCUT2D eigenvalue weighted by Crippen LogP contribution is -2.52. The van der Waals surface area contributed by atoms with E-state index in [4.69, 9.17) is 11.6 Å². The molecule has 1 aliphatic carbocycles. The van der Waals surface area contributed by atoms with Gasteiger partial charge in [-0.15, -0.1) is 0 Å². The number of imidazole rings is 1. The zero-order chi connectivity index (χ0) is 23.2. The molecular weight excluding hydrogens is 445 g/mol. The molecule has 2 aliphatic rings. The topological polar surface area (TPSA) is 79.6 Å². The highest BCUT2D eigenvalue weighted by Crippen LogP contribution is 2.46. The minimum Gasteiger partial charge on any atom is -0.348 e. The average Bonchev–Trinajstić information content (AvgIpc) is 3.24. The molecule has 0 atom stereocenters. The summed E-state index contributed by atoms with van der Waals surface area (Å²) in [5, 5.41) is 7.54. The molecule has 0 bridgehead atoms. The second-order valence-electron chi connectivity index (χ2n) is 9.08. The monoisotopic (exact) mass is 469 g/mol. The summed E-state index contributed by atoms with van der Waals surface area (Å²) in [7, 11) is 0. The third-order valence-corrected chi connectivity index (χ3v) is 7.35. The van der Waals surface area contributed by atoms with Gasteiger partial charge in [-0.3, -0.25) is 9.59 Å². The molecular formula is C24H25ClFN5O2. The molecule has 2 amide bonds. The summed E-state index contributed by atoms with van der Waals surface area (Å²) in [6.45, 7) is 2.25. The van der Waals surface area contributed by atoms with Gasteiger partial charge in [0.2, 0.25) is 5.91 Å². The maximum atomic E-state index is 13.9. The standard InChI is InChI=1S/C24H25ClFN5O2/c1-15-12-19(17(25)13-18(15)26)30-11-3-7-24(23(30)33)8-5-16(6-9-24)29-22(32)20-14-27-21-4-2-10-28-31(20)21/h2,4,10,12-14,16H,3,5-9,11H2,1H3,(H,29,32). The Labute approximate surface area is 195 Å². The maximum absolute atomic E-state index is 13.9. The quantitative estimate of drug-likeness (QED) is 0.619. The molecule has 1 aliphatic heterocycles. The molecule has 1 N–H and O–H groups in total. The van der Waals surface area contributed by atoms with E-state index in [1.807, 2.05) is 0 Å². The average molecular weight is 470 g/mol. The van der Waals surface area contributed by atoms with Crippen LogP contribution in [-0.2, 0) is 4.79 Å². The van der Waals surface area contributed by atoms with E-state index in [9.17, 15) is 14.0 Å². The van der Waals surface area contributed by atoms with Crippen molar-refractivity contribution >= 4 is 34.7 Å². The SMILES string of the molecule is Cc1cc(N2CCCC3(CCC(NC(=O)c4cnc5cccnn45)CC3)C2=O)c(Cl)cc1F. The van der Waals surface area contributed by atoms with Crippen LogP contribution >= 0.6 is 11.6 Å². The van der Waals surface area contributed by atoms with Gasteiger partial charge in [-0.1, -0.05) is 11.6 Å². The lowest BCUT2D eigenvalue weighted by Gasteiger charge is -2.45. The van der Waals surface area contributed by atoms with E-state index in [1.165, 1.54) is 16.8 Å². The molecule has 1 aromatic carbocycles. The van der Waals surface area contributed by atoms with Gasteiger partial charge in [0.1, 0.15) is 11.5 Å². The van der Waals surface area contributed by atoms with Gasteiger partial charge in [0, 0.05) is 24.2 Å². The number of halogens is 2. The summed E-state index contributed by atoms with van der Waals surface area (Å²) >= 11 is 6.30. The van der Waals surface area contributed by atoms with Crippen LogP contribution in [0.5, 0.6) is 0 Å². The lowest BCUT2D eigenvalue weighted by atomic mass is 9.67. The van der Waals surface area contributed by atoms with E-state index in [2.05, 4.69) is 15.4 Å². The van der Waals surface area contributed by atoms with Crippen LogP contribution in [-0.4, -0.2) is 39.0 Å². The molecule has 33 heavy (non-hydrogen) atoms. The number of anilines is 1. The molecule has 1 saturated carbocycles. The number of aromatic nitrogens is 3. The number of amides is 2. The summed E-state index contributed by atoms with van der Waals surface area (Å²) in [6, 6.07) is 6.49. The smallest absolute Gasteiger partial charge is 0.271 e. The van der Waals surface area contributed by atoms with Crippen LogP contribution in [0, 0.1) is 18.2 Å². The normalized spacial score (nSPS) is 23.3. The minimum absolute atomic E-state index is 0.0165. The molecule has 5 rings (SSSR count). The molecule has 0 unspecified atom stereocenters. The second kappa shape index (κ2) is 8.41. The Bertz CT molecular complexity index is 1230. The van der Waals surface area contributed by atoms with Gasteiger partial charge in [-0.2, -0.15) is 5.10 Å². The van der Waals surface area contributed by atoms with Gasteiger partial charge in [-0.05, 0) is 75.3 Å². The summed E-state index contributed by atoms with van der Waals surface area (Å²) in [5.74, 6) is -0.537. The highest BCUT2D eigenvalue weighted by Gasteiger charge is 2.46. The van der Waals surface area contributed by atoms with E-state index in [0.717, 1.165) is 12.8 Å². The molecule has 0 radical (unpaired) electrons. The molecule has 1 spiro atoms. The van der Waals surface area contributed by atoms with Gasteiger partial charge in [-0.25, -0.2) is 13.9 Å². The van der Waals surface area contributed by atoms with Crippen molar-refractivity contribution in [2.24, 2.45) is 5.41 Å². The number of nitrogens with zero attached hydrogens (tertiary/aromatic N) is 4. The van der Waals surface area contributed by atoms with Crippen molar-refractivity contribution in [3.63, 3.8) is 0 Å². The molecule has 2 fully saturated rings. The Morgan fingerprint density at radius 3 is 2.85 bits per heavy atom. The van der Waals surface area contributed by atoms with Crippen molar-refractivity contribution < 1.29 is 14.0 Å². The maximum Gasteiger partial charge on any atom is 0.271 e. The number of fused-ring (bicyclic) bond motifs is 1. The van der Waals surface area contributed by atoms with Gasteiger partial charge in [0.15, 0.2) is 5.65 Å². The third-order valence-electron chi connectivity index (χ3n) is 7.04. The van der Waals surface area contributed by atoms with E-state index in [-0.39, 0.29) is 28.7 Å². The lowest BCUT2D eigenvalue weighted by molar-refractivity contribution is -0.132. The van der Waals surface area contributed by atoms with E-state index in [1.54, 1.807) is 36.2 Å². The highest BCUT2D eigenvalue weighted by atomic mass is 35.5. The molecule has 9 heteroatoms. The first-order valence-electron chi connectivity index (χ1n) is 11.3. The number of hydrogen-bond acceptors (Lipinski definition) is 4. The van der Waals surface area contributed by atoms with Crippen LogP contribution in [0.2, 0.25) is 5.02 Å². The first-order valence-corrected chi connectivity index (χ1v) is 11.6. The Kier molecular flexibility index (Phi) is 5.56. The van der Waals surface area contributed by atoms with Crippen molar-refractivity contribution in [2.45, 2.75) is 51.5 Å². The van der Waals surface area contributed by atoms with Crippen LogP contribution in [0.25, 0.3) is 5.65 Å². The number of rotatable bonds is 3. The van der Waals surface area contributed by atoms with Crippen LogP contribution in [0.1, 0.15) is 54.6 Å². The van der Waals surface area contributed by atoms with Crippen molar-refractivity contribution in [3.8, 4) is 0 Å². The van der Waals surface area contributed by atoms with Crippen LogP contribution in [0.3, 0.4) is 0 Å². The van der Waals surface area contributed by atoms with Gasteiger partial charge in [0.05, 0.1) is 16.9 Å². The zero-order valence-electron chi connectivity index (χ0n) is 18.4. The third kappa shape index (κ3) is 3.86. The molecule has 172 valence electrons. The Balaban J connectivity index is 1.28. The molecule has 1 saturated heterocycles. The van der Waals surface area contributed by atoms with E-state index in [0.29, 0.717) is 54.8 Å². The molecule has 3 heterocycles. The Hall–Kier alpha value is -3.00. The van der Waals surface area contributed by atoms with E-state index < -0.39 is 5.41 Å². The molecule has 3 aromatic rings. The fourth-order valence-electron chi connectivity index (χ4n) is 5.17.